The summed E-state index contributed by atoms with van der Waals surface area (Å²) >= 11 is 1.01. The Hall–Kier alpha value is -1.89. The third-order valence-electron chi connectivity index (χ3n) is 2.91. The fraction of sp³-hybridized carbons (Fsp3) is 0.308. The summed E-state index contributed by atoms with van der Waals surface area (Å²) < 4.78 is 13.9. The lowest BCUT2D eigenvalue weighted by atomic mass is 10.1. The number of hydrogen-bond donors (Lipinski definition) is 1. The van der Waals surface area contributed by atoms with Crippen molar-refractivity contribution >= 4 is 34.4 Å². The number of thioether (sulfide) groups is 1. The van der Waals surface area contributed by atoms with Crippen LogP contribution in [0.2, 0.25) is 0 Å². The largest absolute Gasteiger partial charge is 0.478 e. The van der Waals surface area contributed by atoms with Gasteiger partial charge in [-0.25, -0.2) is 9.18 Å². The number of aromatic carboxylic acids is 1. The van der Waals surface area contributed by atoms with Crippen molar-refractivity contribution in [3.63, 3.8) is 0 Å². The molecule has 5 nitrogen and oxygen atoms in total. The predicted molar refractivity (Wildman–Crippen MR) is 72.4 cm³/mol. The molecule has 1 fully saturated rings. The average Bonchev–Trinajstić information content (AvgIpc) is 2.68. The van der Waals surface area contributed by atoms with E-state index in [0.717, 1.165) is 22.7 Å². The standard InChI is InChI=1S/C13H12FNO4S/c1-7(16)20-8-5-11(17)15(6-8)12-9(13(18)19)3-2-4-10(12)14/h2-4,8H,5-6H2,1H3,(H,18,19). The van der Waals surface area contributed by atoms with Crippen LogP contribution in [0.15, 0.2) is 18.2 Å². The van der Waals surface area contributed by atoms with Crippen LogP contribution in [-0.4, -0.2) is 33.9 Å². The van der Waals surface area contributed by atoms with Crippen LogP contribution in [0.25, 0.3) is 0 Å². The maximum absolute atomic E-state index is 13.9. The summed E-state index contributed by atoms with van der Waals surface area (Å²) in [6, 6.07) is 3.64. The summed E-state index contributed by atoms with van der Waals surface area (Å²) in [5.74, 6) is -2.43. The molecule has 0 spiro atoms. The molecular weight excluding hydrogens is 285 g/mol. The van der Waals surface area contributed by atoms with E-state index >= 15 is 0 Å². The van der Waals surface area contributed by atoms with Crippen LogP contribution in [0.4, 0.5) is 10.1 Å². The zero-order chi connectivity index (χ0) is 14.9. The van der Waals surface area contributed by atoms with Gasteiger partial charge in [0.15, 0.2) is 5.12 Å². The lowest BCUT2D eigenvalue weighted by Gasteiger charge is -2.19. The fourth-order valence-electron chi connectivity index (χ4n) is 2.17. The first-order valence-corrected chi connectivity index (χ1v) is 6.77. The van der Waals surface area contributed by atoms with Crippen molar-refractivity contribution in [1.82, 2.24) is 0 Å². The Balaban J connectivity index is 2.35. The molecular formula is C13H12FNO4S. The highest BCUT2D eigenvalue weighted by Gasteiger charge is 2.35. The minimum absolute atomic E-state index is 0.0949. The van der Waals surface area contributed by atoms with Gasteiger partial charge in [-0.15, -0.1) is 0 Å². The number of carbonyl (C=O) groups is 3. The first kappa shape index (κ1) is 14.5. The summed E-state index contributed by atoms with van der Waals surface area (Å²) in [5, 5.41) is 8.68. The Morgan fingerprint density at radius 2 is 2.15 bits per heavy atom. The van der Waals surface area contributed by atoms with Gasteiger partial charge in [0.2, 0.25) is 5.91 Å². The first-order valence-electron chi connectivity index (χ1n) is 5.89. The molecule has 7 heteroatoms. The van der Waals surface area contributed by atoms with Gasteiger partial charge in [0.05, 0.1) is 11.3 Å². The molecule has 1 aromatic carbocycles. The van der Waals surface area contributed by atoms with E-state index in [9.17, 15) is 18.8 Å². The second-order valence-corrected chi connectivity index (χ2v) is 5.86. The maximum atomic E-state index is 13.9. The molecule has 0 aromatic heterocycles. The van der Waals surface area contributed by atoms with Gasteiger partial charge in [-0.1, -0.05) is 17.8 Å². The monoisotopic (exact) mass is 297 g/mol. The summed E-state index contributed by atoms with van der Waals surface area (Å²) in [7, 11) is 0. The predicted octanol–water partition coefficient (Wildman–Crippen LogP) is 1.91. The van der Waals surface area contributed by atoms with Crippen LogP contribution in [0, 0.1) is 5.82 Å². The normalized spacial score (nSPS) is 18.4. The topological polar surface area (TPSA) is 74.7 Å². The fourth-order valence-corrected chi connectivity index (χ4v) is 3.09. The number of halogens is 1. The van der Waals surface area contributed by atoms with E-state index in [4.69, 9.17) is 5.11 Å². The summed E-state index contributed by atoms with van der Waals surface area (Å²) in [5.41, 5.74) is -0.483. The number of hydrogen-bond acceptors (Lipinski definition) is 4. The van der Waals surface area contributed by atoms with Gasteiger partial charge in [0.25, 0.3) is 0 Å². The zero-order valence-corrected chi connectivity index (χ0v) is 11.4. The van der Waals surface area contributed by atoms with Gasteiger partial charge < -0.3 is 10.0 Å². The number of amides is 1. The quantitative estimate of drug-likeness (QED) is 0.922. The molecule has 0 aliphatic carbocycles. The van der Waals surface area contributed by atoms with Gasteiger partial charge in [-0.3, -0.25) is 9.59 Å². The molecule has 1 atom stereocenters. The molecule has 0 saturated carbocycles. The van der Waals surface area contributed by atoms with Crippen LogP contribution >= 0.6 is 11.8 Å². The molecule has 1 unspecified atom stereocenters. The van der Waals surface area contributed by atoms with Gasteiger partial charge in [-0.2, -0.15) is 0 Å². The minimum Gasteiger partial charge on any atom is -0.478 e. The van der Waals surface area contributed by atoms with Crippen molar-refractivity contribution in [2.45, 2.75) is 18.6 Å². The number of carbonyl (C=O) groups excluding carboxylic acids is 2. The Kier molecular flexibility index (Phi) is 4.08. The van der Waals surface area contributed by atoms with Gasteiger partial charge >= 0.3 is 5.97 Å². The minimum atomic E-state index is -1.30. The van der Waals surface area contributed by atoms with Crippen LogP contribution in [-0.2, 0) is 9.59 Å². The second-order valence-electron chi connectivity index (χ2n) is 4.38. The SMILES string of the molecule is CC(=O)SC1CC(=O)N(c2c(F)cccc2C(=O)O)C1. The third kappa shape index (κ3) is 2.82. The van der Waals surface area contributed by atoms with Gasteiger partial charge in [-0.05, 0) is 12.1 Å². The lowest BCUT2D eigenvalue weighted by Crippen LogP contribution is -2.28. The smallest absolute Gasteiger partial charge is 0.337 e. The van der Waals surface area contributed by atoms with Crippen molar-refractivity contribution in [3.8, 4) is 0 Å². The molecule has 1 amide bonds. The number of anilines is 1. The van der Waals surface area contributed by atoms with Gasteiger partial charge in [0, 0.05) is 25.1 Å². The summed E-state index contributed by atoms with van der Waals surface area (Å²) in [6.07, 6.45) is 0.0949. The molecule has 1 aromatic rings. The van der Waals surface area contributed by atoms with Crippen molar-refractivity contribution in [1.29, 1.82) is 0 Å². The molecule has 106 valence electrons. The van der Waals surface area contributed by atoms with E-state index in [1.54, 1.807) is 0 Å². The number of para-hydroxylation sites is 1. The van der Waals surface area contributed by atoms with Crippen molar-refractivity contribution in [3.05, 3.63) is 29.6 Å². The van der Waals surface area contributed by atoms with E-state index < -0.39 is 11.8 Å². The Morgan fingerprint density at radius 1 is 1.45 bits per heavy atom. The molecule has 1 aliphatic rings. The van der Waals surface area contributed by atoms with Crippen LogP contribution < -0.4 is 4.90 Å². The van der Waals surface area contributed by atoms with E-state index in [2.05, 4.69) is 0 Å². The zero-order valence-electron chi connectivity index (χ0n) is 10.6. The Bertz CT molecular complexity index is 590. The molecule has 2 rings (SSSR count). The van der Waals surface area contributed by atoms with E-state index in [-0.39, 0.29) is 40.5 Å². The number of nitrogens with zero attached hydrogens (tertiary/aromatic N) is 1. The van der Waals surface area contributed by atoms with Crippen molar-refractivity contribution in [2.24, 2.45) is 0 Å². The molecule has 20 heavy (non-hydrogen) atoms. The molecule has 1 aliphatic heterocycles. The second kappa shape index (κ2) is 5.62. The Morgan fingerprint density at radius 3 is 2.75 bits per heavy atom. The molecule has 1 saturated heterocycles. The molecule has 0 radical (unpaired) electrons. The van der Waals surface area contributed by atoms with E-state index in [1.165, 1.54) is 19.1 Å². The van der Waals surface area contributed by atoms with Crippen molar-refractivity contribution < 1.29 is 23.9 Å². The highest BCUT2D eigenvalue weighted by Crippen LogP contribution is 2.32. The highest BCUT2D eigenvalue weighted by molar-refractivity contribution is 8.14. The molecule has 0 bridgehead atoms. The van der Waals surface area contributed by atoms with E-state index in [0.29, 0.717) is 0 Å². The van der Waals surface area contributed by atoms with E-state index in [1.807, 2.05) is 0 Å². The Labute approximate surface area is 118 Å². The highest BCUT2D eigenvalue weighted by atomic mass is 32.2. The van der Waals surface area contributed by atoms with Crippen LogP contribution in [0.1, 0.15) is 23.7 Å². The number of carboxylic acid groups (broad SMARTS) is 1. The van der Waals surface area contributed by atoms with Crippen LogP contribution in [0.5, 0.6) is 0 Å². The van der Waals surface area contributed by atoms with Crippen molar-refractivity contribution in [2.75, 3.05) is 11.4 Å². The maximum Gasteiger partial charge on any atom is 0.337 e. The third-order valence-corrected chi connectivity index (χ3v) is 3.89. The first-order chi connectivity index (χ1) is 9.40. The van der Waals surface area contributed by atoms with Crippen LogP contribution in [0.3, 0.4) is 0 Å². The summed E-state index contributed by atoms with van der Waals surface area (Å²) in [6.45, 7) is 1.52. The lowest BCUT2D eigenvalue weighted by molar-refractivity contribution is -0.117. The summed E-state index contributed by atoms with van der Waals surface area (Å²) in [4.78, 5) is 35.2. The number of carboxylic acids is 1. The van der Waals surface area contributed by atoms with Gasteiger partial charge in [0.1, 0.15) is 5.82 Å². The number of rotatable bonds is 3. The number of benzene rings is 1. The molecule has 1 N–H and O–H groups in total. The molecule has 1 heterocycles. The average molecular weight is 297 g/mol.